The molecular formula is C19H18O4. The van der Waals surface area contributed by atoms with Gasteiger partial charge in [0.2, 0.25) is 0 Å². The quantitative estimate of drug-likeness (QED) is 0.535. The molecule has 4 nitrogen and oxygen atoms in total. The minimum absolute atomic E-state index is 0.146. The van der Waals surface area contributed by atoms with Crippen molar-refractivity contribution in [2.75, 3.05) is 7.11 Å². The fraction of sp³-hybridized carbons (Fsp3) is 0.211. The van der Waals surface area contributed by atoms with Crippen LogP contribution in [0.5, 0.6) is 11.5 Å². The number of methoxy groups -OCH3 is 1. The van der Waals surface area contributed by atoms with Crippen molar-refractivity contribution in [3.63, 3.8) is 0 Å². The number of carbonyl (C=O) groups is 1. The molecule has 0 aliphatic heterocycles. The number of carbonyl (C=O) groups excluding carboxylic acids is 1. The zero-order valence-electron chi connectivity index (χ0n) is 13.4. The molecule has 4 heteroatoms. The third-order valence-electron chi connectivity index (χ3n) is 3.90. The molecule has 0 saturated carbocycles. The summed E-state index contributed by atoms with van der Waals surface area (Å²) in [6.07, 6.45) is 1.76. The average Bonchev–Trinajstić information content (AvgIpc) is 2.90. The Morgan fingerprint density at radius 3 is 2.52 bits per heavy atom. The minimum Gasteiger partial charge on any atom is -0.493 e. The Labute approximate surface area is 134 Å². The molecule has 1 aromatic heterocycles. The normalized spacial score (nSPS) is 10.7. The SMILES string of the molecule is COc1ccccc1OC(=O)Cc1coc2cc(C)c(C)cc12. The van der Waals surface area contributed by atoms with Gasteiger partial charge in [-0.1, -0.05) is 12.1 Å². The molecule has 0 fully saturated rings. The topological polar surface area (TPSA) is 48.7 Å². The molecule has 1 heterocycles. The third kappa shape index (κ3) is 3.06. The van der Waals surface area contributed by atoms with Gasteiger partial charge >= 0.3 is 5.97 Å². The van der Waals surface area contributed by atoms with Crippen molar-refractivity contribution in [3.05, 3.63) is 59.4 Å². The molecule has 0 amide bonds. The predicted octanol–water partition coefficient (Wildman–Crippen LogP) is 4.21. The highest BCUT2D eigenvalue weighted by Gasteiger charge is 2.14. The number of rotatable bonds is 4. The fourth-order valence-electron chi connectivity index (χ4n) is 2.49. The van der Waals surface area contributed by atoms with Crippen LogP contribution in [0.1, 0.15) is 16.7 Å². The van der Waals surface area contributed by atoms with Crippen LogP contribution in [-0.2, 0) is 11.2 Å². The first kappa shape index (κ1) is 15.2. The number of esters is 1. The zero-order chi connectivity index (χ0) is 16.4. The molecule has 3 rings (SSSR count). The number of hydrogen-bond acceptors (Lipinski definition) is 4. The Balaban J connectivity index is 1.82. The van der Waals surface area contributed by atoms with Crippen LogP contribution >= 0.6 is 0 Å². The first-order valence-electron chi connectivity index (χ1n) is 7.39. The molecular weight excluding hydrogens is 292 g/mol. The van der Waals surface area contributed by atoms with Gasteiger partial charge in [0.15, 0.2) is 11.5 Å². The van der Waals surface area contributed by atoms with Crippen LogP contribution in [0.2, 0.25) is 0 Å². The number of fused-ring (bicyclic) bond motifs is 1. The molecule has 0 atom stereocenters. The van der Waals surface area contributed by atoms with Crippen LogP contribution < -0.4 is 9.47 Å². The summed E-state index contributed by atoms with van der Waals surface area (Å²) in [7, 11) is 1.54. The van der Waals surface area contributed by atoms with E-state index in [2.05, 4.69) is 0 Å². The Hall–Kier alpha value is -2.75. The summed E-state index contributed by atoms with van der Waals surface area (Å²) >= 11 is 0. The second-order valence-corrected chi connectivity index (χ2v) is 5.50. The molecule has 0 aliphatic rings. The van der Waals surface area contributed by atoms with Crippen molar-refractivity contribution >= 4 is 16.9 Å². The molecule has 0 radical (unpaired) electrons. The molecule has 3 aromatic rings. The Morgan fingerprint density at radius 1 is 1.09 bits per heavy atom. The highest BCUT2D eigenvalue weighted by Crippen LogP contribution is 2.28. The molecule has 0 unspecified atom stereocenters. The lowest BCUT2D eigenvalue weighted by Gasteiger charge is -2.08. The molecule has 118 valence electrons. The Morgan fingerprint density at radius 2 is 1.78 bits per heavy atom. The van der Waals surface area contributed by atoms with E-state index in [4.69, 9.17) is 13.9 Å². The van der Waals surface area contributed by atoms with Crippen molar-refractivity contribution < 1.29 is 18.7 Å². The van der Waals surface area contributed by atoms with E-state index in [1.807, 2.05) is 32.0 Å². The van der Waals surface area contributed by atoms with Gasteiger partial charge in [-0.15, -0.1) is 0 Å². The lowest BCUT2D eigenvalue weighted by atomic mass is 10.0. The van der Waals surface area contributed by atoms with E-state index in [1.54, 1.807) is 31.6 Å². The predicted molar refractivity (Wildman–Crippen MR) is 88.0 cm³/mol. The Kier molecular flexibility index (Phi) is 4.06. The van der Waals surface area contributed by atoms with E-state index in [0.717, 1.165) is 22.1 Å². The van der Waals surface area contributed by atoms with Crippen LogP contribution in [0.15, 0.2) is 47.1 Å². The van der Waals surface area contributed by atoms with Crippen LogP contribution in [0.3, 0.4) is 0 Å². The average molecular weight is 310 g/mol. The van der Waals surface area contributed by atoms with E-state index < -0.39 is 0 Å². The van der Waals surface area contributed by atoms with Crippen molar-refractivity contribution in [1.82, 2.24) is 0 Å². The summed E-state index contributed by atoms with van der Waals surface area (Å²) in [5.74, 6) is 0.597. The standard InChI is InChI=1S/C19H18O4/c1-12-8-15-14(11-22-18(15)9-13(12)2)10-19(20)23-17-7-5-4-6-16(17)21-3/h4-9,11H,10H2,1-3H3. The van der Waals surface area contributed by atoms with E-state index in [9.17, 15) is 4.79 Å². The molecule has 0 spiro atoms. The van der Waals surface area contributed by atoms with Crippen molar-refractivity contribution in [2.45, 2.75) is 20.3 Å². The van der Waals surface area contributed by atoms with Gasteiger partial charge in [0.1, 0.15) is 5.58 Å². The second-order valence-electron chi connectivity index (χ2n) is 5.50. The van der Waals surface area contributed by atoms with Crippen LogP contribution in [0.4, 0.5) is 0 Å². The maximum atomic E-state index is 12.2. The van der Waals surface area contributed by atoms with E-state index >= 15 is 0 Å². The van der Waals surface area contributed by atoms with Gasteiger partial charge in [0.05, 0.1) is 19.8 Å². The number of para-hydroxylation sites is 2. The van der Waals surface area contributed by atoms with Gasteiger partial charge in [-0.25, -0.2) is 0 Å². The Bertz CT molecular complexity index is 861. The maximum absolute atomic E-state index is 12.2. The number of aryl methyl sites for hydroxylation is 2. The van der Waals surface area contributed by atoms with Gasteiger partial charge in [-0.3, -0.25) is 4.79 Å². The zero-order valence-corrected chi connectivity index (χ0v) is 13.4. The number of hydrogen-bond donors (Lipinski definition) is 0. The molecule has 0 saturated heterocycles. The van der Waals surface area contributed by atoms with E-state index in [-0.39, 0.29) is 12.4 Å². The summed E-state index contributed by atoms with van der Waals surface area (Å²) in [4.78, 5) is 12.2. The minimum atomic E-state index is -0.351. The summed E-state index contributed by atoms with van der Waals surface area (Å²) < 4.78 is 16.1. The summed E-state index contributed by atoms with van der Waals surface area (Å²) in [5, 5.41) is 0.949. The van der Waals surface area contributed by atoms with Gasteiger partial charge in [0, 0.05) is 10.9 Å². The van der Waals surface area contributed by atoms with Gasteiger partial charge in [-0.2, -0.15) is 0 Å². The van der Waals surface area contributed by atoms with Crippen molar-refractivity contribution in [3.8, 4) is 11.5 Å². The first-order valence-corrected chi connectivity index (χ1v) is 7.39. The lowest BCUT2D eigenvalue weighted by Crippen LogP contribution is -2.11. The number of ether oxygens (including phenoxy) is 2. The molecule has 0 N–H and O–H groups in total. The summed E-state index contributed by atoms with van der Waals surface area (Å²) in [5.41, 5.74) is 3.93. The van der Waals surface area contributed by atoms with Crippen LogP contribution in [-0.4, -0.2) is 13.1 Å². The van der Waals surface area contributed by atoms with Crippen molar-refractivity contribution in [2.24, 2.45) is 0 Å². The highest BCUT2D eigenvalue weighted by atomic mass is 16.6. The smallest absolute Gasteiger partial charge is 0.315 e. The largest absolute Gasteiger partial charge is 0.493 e. The van der Waals surface area contributed by atoms with Crippen LogP contribution in [0, 0.1) is 13.8 Å². The monoisotopic (exact) mass is 310 g/mol. The van der Waals surface area contributed by atoms with Gasteiger partial charge in [0.25, 0.3) is 0 Å². The molecule has 0 bridgehead atoms. The summed E-state index contributed by atoms with van der Waals surface area (Å²) in [6.45, 7) is 4.08. The molecule has 0 aliphatic carbocycles. The number of furan rings is 1. The van der Waals surface area contributed by atoms with Crippen LogP contribution in [0.25, 0.3) is 11.0 Å². The summed E-state index contributed by atoms with van der Waals surface area (Å²) in [6, 6.07) is 11.1. The molecule has 23 heavy (non-hydrogen) atoms. The van der Waals surface area contributed by atoms with E-state index in [0.29, 0.717) is 11.5 Å². The second kappa shape index (κ2) is 6.16. The van der Waals surface area contributed by atoms with Crippen molar-refractivity contribution in [1.29, 1.82) is 0 Å². The molecule has 2 aromatic carbocycles. The fourth-order valence-corrected chi connectivity index (χ4v) is 2.49. The lowest BCUT2D eigenvalue weighted by molar-refractivity contribution is -0.133. The highest BCUT2D eigenvalue weighted by molar-refractivity contribution is 5.87. The maximum Gasteiger partial charge on any atom is 0.315 e. The van der Waals surface area contributed by atoms with Gasteiger partial charge < -0.3 is 13.9 Å². The van der Waals surface area contributed by atoms with E-state index in [1.165, 1.54) is 5.56 Å². The number of benzene rings is 2. The van der Waals surface area contributed by atoms with Gasteiger partial charge in [-0.05, 0) is 49.2 Å². The first-order chi connectivity index (χ1) is 11.1. The third-order valence-corrected chi connectivity index (χ3v) is 3.90.